The van der Waals surface area contributed by atoms with Crippen molar-refractivity contribution in [2.45, 2.75) is 12.2 Å². The minimum Gasteiger partial charge on any atom is -0.343 e. The number of amides is 3. The van der Waals surface area contributed by atoms with Crippen molar-refractivity contribution in [2.75, 3.05) is 19.4 Å². The lowest BCUT2D eigenvalue weighted by Gasteiger charge is -2.18. The Morgan fingerprint density at radius 1 is 1.07 bits per heavy atom. The molecule has 0 bridgehead atoms. The first-order valence-electron chi connectivity index (χ1n) is 11.5. The highest BCUT2D eigenvalue weighted by atomic mass is 35.5. The minimum absolute atomic E-state index is 0.0376. The molecule has 0 spiro atoms. The zero-order valence-corrected chi connectivity index (χ0v) is 21.3. The van der Waals surface area contributed by atoms with Gasteiger partial charge in [0.2, 0.25) is 0 Å². The molecular weight excluding hydrogens is 561 g/mol. The van der Waals surface area contributed by atoms with Crippen LogP contribution in [-0.2, 0) is 6.18 Å². The van der Waals surface area contributed by atoms with Crippen LogP contribution in [0.2, 0.25) is 5.02 Å². The third kappa shape index (κ3) is 4.72. The van der Waals surface area contributed by atoms with Crippen LogP contribution in [0.1, 0.15) is 54.1 Å². The smallest absolute Gasteiger partial charge is 0.343 e. The normalized spacial score (nSPS) is 14.7. The van der Waals surface area contributed by atoms with E-state index < -0.39 is 52.7 Å². The number of benzene rings is 2. The van der Waals surface area contributed by atoms with Crippen LogP contribution in [0.25, 0.3) is 5.65 Å². The molecule has 40 heavy (non-hydrogen) atoms. The topological polar surface area (TPSA) is 95.8 Å². The van der Waals surface area contributed by atoms with Crippen LogP contribution in [0, 0.1) is 11.6 Å². The van der Waals surface area contributed by atoms with Gasteiger partial charge in [0.1, 0.15) is 28.7 Å². The number of nitrogens with zero attached hydrogens (tertiary/aromatic N) is 3. The lowest BCUT2D eigenvalue weighted by Crippen LogP contribution is -2.22. The number of alkyl halides is 3. The van der Waals surface area contributed by atoms with Gasteiger partial charge in [-0.25, -0.2) is 13.8 Å². The minimum atomic E-state index is -4.92. The van der Waals surface area contributed by atoms with Crippen molar-refractivity contribution >= 4 is 40.7 Å². The van der Waals surface area contributed by atoms with E-state index in [0.717, 1.165) is 12.1 Å². The van der Waals surface area contributed by atoms with Gasteiger partial charge in [-0.05, 0) is 36.4 Å². The first-order chi connectivity index (χ1) is 18.7. The van der Waals surface area contributed by atoms with Crippen LogP contribution in [0.5, 0.6) is 0 Å². The molecule has 8 nitrogen and oxygen atoms in total. The molecule has 1 aliphatic heterocycles. The fourth-order valence-electron chi connectivity index (χ4n) is 4.42. The Morgan fingerprint density at radius 2 is 1.80 bits per heavy atom. The van der Waals surface area contributed by atoms with E-state index >= 15 is 0 Å². The number of halogens is 6. The van der Waals surface area contributed by atoms with Crippen LogP contribution in [0.3, 0.4) is 0 Å². The molecule has 2 N–H and O–H groups in total. The highest BCUT2D eigenvalue weighted by molar-refractivity contribution is 6.31. The fraction of sp³-hybridized carbons (Fsp3) is 0.154. The van der Waals surface area contributed by atoms with Crippen molar-refractivity contribution in [3.05, 3.63) is 99.0 Å². The summed E-state index contributed by atoms with van der Waals surface area (Å²) in [5.74, 6) is -4.27. The third-order valence-electron chi connectivity index (χ3n) is 6.20. The first-order valence-corrected chi connectivity index (χ1v) is 11.8. The molecule has 0 saturated heterocycles. The SMILES string of the molecule is CN(C)C(=O)c1cn2c3c(c(NC(=O)c4cc(F)cc(C(F)(F)F)c4)cc2n1)C(c1cc(F)ccc1Cl)NC3=O. The Kier molecular flexibility index (Phi) is 6.49. The maximum absolute atomic E-state index is 14.2. The summed E-state index contributed by atoms with van der Waals surface area (Å²) in [6, 6.07) is 4.97. The largest absolute Gasteiger partial charge is 0.416 e. The average Bonchev–Trinajstić information content (AvgIpc) is 3.45. The van der Waals surface area contributed by atoms with E-state index in [-0.39, 0.29) is 44.9 Å². The molecule has 2 aromatic carbocycles. The van der Waals surface area contributed by atoms with Gasteiger partial charge in [-0.2, -0.15) is 13.2 Å². The predicted molar refractivity (Wildman–Crippen MR) is 133 cm³/mol. The number of aromatic nitrogens is 2. The molecule has 4 aromatic rings. The zero-order chi connectivity index (χ0) is 29.1. The third-order valence-corrected chi connectivity index (χ3v) is 6.55. The monoisotopic (exact) mass is 577 g/mol. The molecule has 0 saturated carbocycles. The Hall–Kier alpha value is -4.52. The summed E-state index contributed by atoms with van der Waals surface area (Å²) in [6.07, 6.45) is -3.61. The maximum Gasteiger partial charge on any atom is 0.416 e. The van der Waals surface area contributed by atoms with Crippen LogP contribution in [0.15, 0.2) is 48.7 Å². The number of fused-ring (bicyclic) bond motifs is 3. The molecule has 2 aromatic heterocycles. The van der Waals surface area contributed by atoms with E-state index in [9.17, 15) is 36.3 Å². The van der Waals surface area contributed by atoms with Gasteiger partial charge in [0.15, 0.2) is 0 Å². The number of anilines is 1. The lowest BCUT2D eigenvalue weighted by atomic mass is 9.98. The van der Waals surface area contributed by atoms with E-state index in [2.05, 4.69) is 15.6 Å². The Balaban J connectivity index is 1.70. The number of rotatable bonds is 4. The van der Waals surface area contributed by atoms with Crippen molar-refractivity contribution in [3.8, 4) is 0 Å². The van der Waals surface area contributed by atoms with E-state index in [1.807, 2.05) is 0 Å². The molecule has 0 fully saturated rings. The van der Waals surface area contributed by atoms with Crippen LogP contribution in [0.4, 0.5) is 27.6 Å². The van der Waals surface area contributed by atoms with Gasteiger partial charge in [0.05, 0.1) is 17.3 Å². The molecule has 3 amide bonds. The first kappa shape index (κ1) is 27.1. The maximum atomic E-state index is 14.2. The van der Waals surface area contributed by atoms with Gasteiger partial charge < -0.3 is 15.5 Å². The second kappa shape index (κ2) is 9.59. The van der Waals surface area contributed by atoms with Gasteiger partial charge in [-0.1, -0.05) is 11.6 Å². The molecule has 14 heteroatoms. The standard InChI is InChI=1S/C26H17ClF5N5O3/c1-36(2)25(40)18-10-37-19(33-18)9-17(34-23(38)11-5-12(26(30,31)32)7-14(29)6-11)20-21(35-24(39)22(20)37)15-8-13(28)3-4-16(15)27/h3-10,21H,1-2H3,(H,34,38)(H,35,39). The quantitative estimate of drug-likeness (QED) is 0.331. The molecule has 1 unspecified atom stereocenters. The van der Waals surface area contributed by atoms with Crippen LogP contribution in [-0.4, -0.2) is 46.1 Å². The summed E-state index contributed by atoms with van der Waals surface area (Å²) in [4.78, 5) is 44.3. The summed E-state index contributed by atoms with van der Waals surface area (Å²) in [5, 5.41) is 5.15. The van der Waals surface area contributed by atoms with Crippen molar-refractivity contribution in [2.24, 2.45) is 0 Å². The average molecular weight is 578 g/mol. The van der Waals surface area contributed by atoms with Gasteiger partial charge >= 0.3 is 6.18 Å². The van der Waals surface area contributed by atoms with E-state index in [1.54, 1.807) is 0 Å². The van der Waals surface area contributed by atoms with E-state index in [4.69, 9.17) is 11.6 Å². The summed E-state index contributed by atoms with van der Waals surface area (Å²) in [7, 11) is 2.98. The Labute approximate surface area is 227 Å². The lowest BCUT2D eigenvalue weighted by molar-refractivity contribution is -0.137. The van der Waals surface area contributed by atoms with Crippen molar-refractivity contribution in [3.63, 3.8) is 0 Å². The molecule has 0 radical (unpaired) electrons. The number of nitrogens with one attached hydrogen (secondary N) is 2. The second-order valence-corrected chi connectivity index (χ2v) is 9.53. The Morgan fingerprint density at radius 3 is 2.48 bits per heavy atom. The number of carbonyl (C=O) groups excluding carboxylic acids is 3. The molecule has 1 aliphatic rings. The van der Waals surface area contributed by atoms with Gasteiger partial charge in [0, 0.05) is 48.1 Å². The zero-order valence-electron chi connectivity index (χ0n) is 20.5. The second-order valence-electron chi connectivity index (χ2n) is 9.13. The van der Waals surface area contributed by atoms with E-state index in [1.165, 1.54) is 41.7 Å². The fourth-order valence-corrected chi connectivity index (χ4v) is 4.65. The Bertz CT molecular complexity index is 1730. The number of carbonyl (C=O) groups is 3. The van der Waals surface area contributed by atoms with Crippen molar-refractivity contribution in [1.29, 1.82) is 0 Å². The van der Waals surface area contributed by atoms with Crippen molar-refractivity contribution in [1.82, 2.24) is 19.6 Å². The molecule has 1 atom stereocenters. The predicted octanol–water partition coefficient (Wildman–Crippen LogP) is 5.07. The van der Waals surface area contributed by atoms with Gasteiger partial charge in [-0.15, -0.1) is 0 Å². The molecule has 206 valence electrons. The highest BCUT2D eigenvalue weighted by Crippen LogP contribution is 2.40. The van der Waals surface area contributed by atoms with Gasteiger partial charge in [0.25, 0.3) is 17.7 Å². The number of imidazole rings is 1. The van der Waals surface area contributed by atoms with Crippen LogP contribution >= 0.6 is 11.6 Å². The van der Waals surface area contributed by atoms with E-state index in [0.29, 0.717) is 12.1 Å². The number of pyridine rings is 1. The molecular formula is C26H17ClF5N5O3. The number of hydrogen-bond donors (Lipinski definition) is 2. The summed E-state index contributed by atoms with van der Waals surface area (Å²) in [6.45, 7) is 0. The summed E-state index contributed by atoms with van der Waals surface area (Å²) >= 11 is 6.30. The summed E-state index contributed by atoms with van der Waals surface area (Å²) in [5.41, 5.74) is -2.02. The number of hydrogen-bond acceptors (Lipinski definition) is 4. The molecule has 3 heterocycles. The molecule has 5 rings (SSSR count). The van der Waals surface area contributed by atoms with Gasteiger partial charge in [-0.3, -0.25) is 18.8 Å². The van der Waals surface area contributed by atoms with Crippen LogP contribution < -0.4 is 10.6 Å². The summed E-state index contributed by atoms with van der Waals surface area (Å²) < 4.78 is 69.2. The van der Waals surface area contributed by atoms with Crippen molar-refractivity contribution < 1.29 is 36.3 Å². The highest BCUT2D eigenvalue weighted by Gasteiger charge is 2.38. The molecule has 0 aliphatic carbocycles.